The van der Waals surface area contributed by atoms with E-state index in [4.69, 9.17) is 9.97 Å². The predicted octanol–water partition coefficient (Wildman–Crippen LogP) is 15.1. The van der Waals surface area contributed by atoms with Crippen LogP contribution in [0.1, 0.15) is 25.0 Å². The summed E-state index contributed by atoms with van der Waals surface area (Å²) < 4.78 is 4.82. The van der Waals surface area contributed by atoms with Gasteiger partial charge in [-0.05, 0) is 106 Å². The minimum Gasteiger partial charge on any atom is -0.309 e. The molecule has 0 unspecified atom stereocenters. The van der Waals surface area contributed by atoms with Crippen LogP contribution in [0, 0.1) is 0 Å². The summed E-state index contributed by atoms with van der Waals surface area (Å²) in [6.45, 7) is 4.71. The molecule has 4 nitrogen and oxygen atoms in total. The van der Waals surface area contributed by atoms with Crippen molar-refractivity contribution in [3.63, 3.8) is 0 Å². The summed E-state index contributed by atoms with van der Waals surface area (Å²) in [5.74, 6) is 0.742. The highest BCUT2D eigenvalue weighted by atomic mass is 15.0. The molecule has 0 saturated carbocycles. The second-order valence-electron chi connectivity index (χ2n) is 17.4. The molecule has 0 amide bonds. The molecule has 3 aromatic heterocycles. The van der Waals surface area contributed by atoms with Crippen LogP contribution in [0.4, 0.5) is 0 Å². The summed E-state index contributed by atoms with van der Waals surface area (Å²) >= 11 is 0. The van der Waals surface area contributed by atoms with Crippen molar-refractivity contribution in [1.29, 1.82) is 0 Å². The summed E-state index contributed by atoms with van der Waals surface area (Å²) in [5.41, 5.74) is 18.5. The largest absolute Gasteiger partial charge is 0.309 e. The van der Waals surface area contributed by atoms with Gasteiger partial charge in [0.25, 0.3) is 0 Å². The summed E-state index contributed by atoms with van der Waals surface area (Å²) in [6, 6.07) is 74.8. The van der Waals surface area contributed by atoms with Crippen molar-refractivity contribution < 1.29 is 0 Å². The number of hydrogen-bond donors (Lipinski definition) is 0. The third-order valence-corrected chi connectivity index (χ3v) is 13.5. The Morgan fingerprint density at radius 3 is 1.52 bits per heavy atom. The quantitative estimate of drug-likeness (QED) is 0.174. The van der Waals surface area contributed by atoms with Crippen molar-refractivity contribution in [3.05, 3.63) is 217 Å². The molecule has 3 heterocycles. The van der Waals surface area contributed by atoms with Crippen LogP contribution in [-0.2, 0) is 5.41 Å². The summed E-state index contributed by atoms with van der Waals surface area (Å²) in [5, 5.41) is 6.06. The zero-order valence-electron chi connectivity index (χ0n) is 34.9. The fourth-order valence-electron chi connectivity index (χ4n) is 10.5. The van der Waals surface area contributed by atoms with Crippen molar-refractivity contribution in [2.75, 3.05) is 0 Å². The Morgan fingerprint density at radius 2 is 0.857 bits per heavy atom. The molecule has 63 heavy (non-hydrogen) atoms. The van der Waals surface area contributed by atoms with Gasteiger partial charge in [-0.2, -0.15) is 0 Å². The summed E-state index contributed by atoms with van der Waals surface area (Å²) in [6.07, 6.45) is 0. The van der Waals surface area contributed by atoms with Crippen LogP contribution in [0.3, 0.4) is 0 Å². The molecule has 4 heteroatoms. The molecule has 296 valence electrons. The molecule has 12 aromatic rings. The SMILES string of the molecule is CC1(C)c2cc(-c3nc(-c4ccccc4)c4ccccc4n3)ccc2-c2ccc(-n3c4ccccc4c4cc(-c5ccc6c(c5)c5ccccc5n6-c5ccccc5)ccc43)cc21. The van der Waals surface area contributed by atoms with Gasteiger partial charge in [0.1, 0.15) is 0 Å². The first-order valence-electron chi connectivity index (χ1n) is 21.7. The Morgan fingerprint density at radius 1 is 0.349 bits per heavy atom. The van der Waals surface area contributed by atoms with Crippen LogP contribution in [0.5, 0.6) is 0 Å². The van der Waals surface area contributed by atoms with Crippen molar-refractivity contribution >= 4 is 54.5 Å². The van der Waals surface area contributed by atoms with E-state index in [-0.39, 0.29) is 5.41 Å². The Bertz CT molecular complexity index is 3820. The molecular weight excluding hydrogens is 765 g/mol. The molecule has 0 saturated heterocycles. The lowest BCUT2D eigenvalue weighted by molar-refractivity contribution is 0.660. The Balaban J connectivity index is 0.907. The van der Waals surface area contributed by atoms with Gasteiger partial charge in [0.15, 0.2) is 5.82 Å². The number of rotatable bonds is 5. The average Bonchev–Trinajstić information content (AvgIpc) is 3.93. The topological polar surface area (TPSA) is 35.6 Å². The molecule has 0 fully saturated rings. The Kier molecular flexibility index (Phi) is 7.62. The second-order valence-corrected chi connectivity index (χ2v) is 17.4. The molecule has 0 spiro atoms. The number of fused-ring (bicyclic) bond motifs is 10. The standard InChI is InChI=1S/C59H40N4/c1-59(2)50-35-40(58-60-52-22-12-9-21-47(52)57(61-58)37-15-5-3-6-16-37)25-29-43(50)44-30-28-42(36-51(44)59)63-54-24-14-11-20-46(54)49-34-39(27-32-56(49)63)38-26-31-55-48(33-38)45-19-10-13-23-53(45)62(55)41-17-7-4-8-18-41/h3-36H,1-2H3. The third kappa shape index (κ3) is 5.34. The lowest BCUT2D eigenvalue weighted by Crippen LogP contribution is -2.15. The molecule has 9 aromatic carbocycles. The molecule has 0 radical (unpaired) electrons. The highest BCUT2D eigenvalue weighted by Crippen LogP contribution is 2.51. The first-order chi connectivity index (χ1) is 31.0. The summed E-state index contributed by atoms with van der Waals surface area (Å²) in [4.78, 5) is 10.3. The van der Waals surface area contributed by atoms with Gasteiger partial charge in [-0.3, -0.25) is 0 Å². The maximum absolute atomic E-state index is 5.22. The Hall–Kier alpha value is -8.08. The van der Waals surface area contributed by atoms with Gasteiger partial charge < -0.3 is 9.13 Å². The van der Waals surface area contributed by atoms with E-state index in [0.29, 0.717) is 0 Å². The first-order valence-corrected chi connectivity index (χ1v) is 21.7. The molecule has 1 aliphatic rings. The van der Waals surface area contributed by atoms with Crippen molar-refractivity contribution in [2.45, 2.75) is 19.3 Å². The first kappa shape index (κ1) is 35.7. The van der Waals surface area contributed by atoms with Gasteiger partial charge in [0, 0.05) is 54.8 Å². The van der Waals surface area contributed by atoms with Crippen LogP contribution < -0.4 is 0 Å². The molecular formula is C59H40N4. The van der Waals surface area contributed by atoms with E-state index in [0.717, 1.165) is 39.2 Å². The number of para-hydroxylation sites is 4. The minimum atomic E-state index is -0.246. The van der Waals surface area contributed by atoms with Gasteiger partial charge >= 0.3 is 0 Å². The monoisotopic (exact) mass is 804 g/mol. The molecule has 1 aliphatic carbocycles. The van der Waals surface area contributed by atoms with E-state index in [1.165, 1.54) is 82.7 Å². The molecule has 0 atom stereocenters. The maximum Gasteiger partial charge on any atom is 0.160 e. The van der Waals surface area contributed by atoms with E-state index in [2.05, 4.69) is 223 Å². The van der Waals surface area contributed by atoms with E-state index in [1.54, 1.807) is 0 Å². The van der Waals surface area contributed by atoms with Gasteiger partial charge in [0.05, 0.1) is 33.3 Å². The summed E-state index contributed by atoms with van der Waals surface area (Å²) in [7, 11) is 0. The van der Waals surface area contributed by atoms with Crippen molar-refractivity contribution in [3.8, 4) is 56.3 Å². The van der Waals surface area contributed by atoms with Gasteiger partial charge in [-0.25, -0.2) is 9.97 Å². The van der Waals surface area contributed by atoms with Crippen molar-refractivity contribution in [1.82, 2.24) is 19.1 Å². The van der Waals surface area contributed by atoms with Crippen molar-refractivity contribution in [2.24, 2.45) is 0 Å². The van der Waals surface area contributed by atoms with Gasteiger partial charge in [0.2, 0.25) is 0 Å². The normalized spacial score (nSPS) is 13.0. The minimum absolute atomic E-state index is 0.246. The highest BCUT2D eigenvalue weighted by molar-refractivity contribution is 6.13. The highest BCUT2D eigenvalue weighted by Gasteiger charge is 2.36. The van der Waals surface area contributed by atoms with Crippen LogP contribution >= 0.6 is 0 Å². The molecule has 0 bridgehead atoms. The van der Waals surface area contributed by atoms with E-state index in [1.807, 2.05) is 6.07 Å². The van der Waals surface area contributed by atoms with E-state index >= 15 is 0 Å². The van der Waals surface area contributed by atoms with E-state index < -0.39 is 0 Å². The second kappa shape index (κ2) is 13.5. The number of nitrogens with zero attached hydrogens (tertiary/aromatic N) is 4. The average molecular weight is 805 g/mol. The maximum atomic E-state index is 5.22. The number of hydrogen-bond acceptors (Lipinski definition) is 2. The lowest BCUT2D eigenvalue weighted by Gasteiger charge is -2.23. The smallest absolute Gasteiger partial charge is 0.160 e. The van der Waals surface area contributed by atoms with Crippen LogP contribution in [-0.4, -0.2) is 19.1 Å². The molecule has 0 N–H and O–H groups in total. The lowest BCUT2D eigenvalue weighted by atomic mass is 9.81. The Labute approximate surface area is 365 Å². The van der Waals surface area contributed by atoms with Gasteiger partial charge in [-0.15, -0.1) is 0 Å². The zero-order chi connectivity index (χ0) is 41.8. The number of benzene rings is 9. The van der Waals surface area contributed by atoms with Crippen LogP contribution in [0.15, 0.2) is 206 Å². The predicted molar refractivity (Wildman–Crippen MR) is 262 cm³/mol. The molecule has 13 rings (SSSR count). The molecule has 0 aliphatic heterocycles. The van der Waals surface area contributed by atoms with Gasteiger partial charge in [-0.1, -0.05) is 147 Å². The third-order valence-electron chi connectivity index (χ3n) is 13.5. The van der Waals surface area contributed by atoms with E-state index in [9.17, 15) is 0 Å². The van der Waals surface area contributed by atoms with Crippen LogP contribution in [0.2, 0.25) is 0 Å². The zero-order valence-corrected chi connectivity index (χ0v) is 34.9. The fourth-order valence-corrected chi connectivity index (χ4v) is 10.5. The van der Waals surface area contributed by atoms with Crippen LogP contribution in [0.25, 0.3) is 111 Å². The number of aromatic nitrogens is 4. The fraction of sp³-hybridized carbons (Fsp3) is 0.0508.